The molecular weight excluding hydrogens is 358 g/mol. The van der Waals surface area contributed by atoms with E-state index in [1.54, 1.807) is 7.11 Å². The Kier molecular flexibility index (Phi) is 5.94. The van der Waals surface area contributed by atoms with Gasteiger partial charge in [-0.15, -0.1) is 0 Å². The number of thioether (sulfide) groups is 1. The molecule has 0 aliphatic carbocycles. The van der Waals surface area contributed by atoms with Crippen LogP contribution in [0.25, 0.3) is 10.9 Å². The number of hydrogen-bond acceptors (Lipinski definition) is 5. The summed E-state index contributed by atoms with van der Waals surface area (Å²) in [7, 11) is 1.62. The number of carbonyl (C=O) groups is 1. The average Bonchev–Trinajstić information content (AvgIpc) is 2.70. The number of nitriles is 1. The fourth-order valence-corrected chi connectivity index (χ4v) is 3.43. The van der Waals surface area contributed by atoms with Crippen LogP contribution >= 0.6 is 11.8 Å². The lowest BCUT2D eigenvalue weighted by molar-refractivity contribution is -0.118. The number of hydrogen-bond donors (Lipinski definition) is 1. The molecule has 1 heterocycles. The fraction of sp³-hybridized carbons (Fsp3) is 0.190. The molecule has 136 valence electrons. The van der Waals surface area contributed by atoms with Gasteiger partial charge in [-0.25, -0.2) is 4.98 Å². The van der Waals surface area contributed by atoms with Gasteiger partial charge in [0.2, 0.25) is 5.91 Å². The number of benzene rings is 2. The maximum Gasteiger partial charge on any atom is 0.230 e. The molecule has 0 fully saturated rings. The monoisotopic (exact) mass is 377 g/mol. The molecule has 0 radical (unpaired) electrons. The van der Waals surface area contributed by atoms with E-state index in [0.29, 0.717) is 17.1 Å². The molecule has 6 heteroatoms. The summed E-state index contributed by atoms with van der Waals surface area (Å²) < 4.78 is 5.12. The van der Waals surface area contributed by atoms with E-state index >= 15 is 0 Å². The van der Waals surface area contributed by atoms with Crippen LogP contribution in [-0.2, 0) is 11.3 Å². The first-order chi connectivity index (χ1) is 13.1. The molecule has 1 aromatic heterocycles. The third-order valence-corrected chi connectivity index (χ3v) is 5.11. The Morgan fingerprint density at radius 3 is 2.74 bits per heavy atom. The second-order valence-corrected chi connectivity index (χ2v) is 6.98. The van der Waals surface area contributed by atoms with Crippen LogP contribution in [0, 0.1) is 18.3 Å². The van der Waals surface area contributed by atoms with Gasteiger partial charge < -0.3 is 10.1 Å². The first-order valence-corrected chi connectivity index (χ1v) is 9.42. The van der Waals surface area contributed by atoms with Crippen molar-refractivity contribution in [1.82, 2.24) is 10.3 Å². The lowest BCUT2D eigenvalue weighted by Crippen LogP contribution is -2.24. The number of para-hydroxylation sites is 1. The van der Waals surface area contributed by atoms with Crippen LogP contribution in [0.3, 0.4) is 0 Å². The Balaban J connectivity index is 1.64. The summed E-state index contributed by atoms with van der Waals surface area (Å²) in [6.45, 7) is 2.43. The van der Waals surface area contributed by atoms with E-state index in [2.05, 4.69) is 16.4 Å². The van der Waals surface area contributed by atoms with Crippen molar-refractivity contribution >= 4 is 28.6 Å². The Hall–Kier alpha value is -3.04. The molecule has 0 saturated heterocycles. The number of amides is 1. The SMILES string of the molecule is COc1ccc(CNC(=O)CSc2nc3c(C)cccc3cc2C#N)cc1. The second-order valence-electron chi connectivity index (χ2n) is 6.01. The summed E-state index contributed by atoms with van der Waals surface area (Å²) in [4.78, 5) is 16.8. The van der Waals surface area contributed by atoms with Crippen LogP contribution in [0.4, 0.5) is 0 Å². The highest BCUT2D eigenvalue weighted by Crippen LogP contribution is 2.26. The topological polar surface area (TPSA) is 75.0 Å². The summed E-state index contributed by atoms with van der Waals surface area (Å²) in [6.07, 6.45) is 0. The number of carbonyl (C=O) groups excluding carboxylic acids is 1. The molecule has 3 aromatic rings. The van der Waals surface area contributed by atoms with Gasteiger partial charge in [0, 0.05) is 11.9 Å². The van der Waals surface area contributed by atoms with Gasteiger partial charge in [0.1, 0.15) is 16.8 Å². The van der Waals surface area contributed by atoms with Gasteiger partial charge in [0.15, 0.2) is 0 Å². The molecule has 27 heavy (non-hydrogen) atoms. The molecule has 0 unspecified atom stereocenters. The molecule has 2 aromatic carbocycles. The average molecular weight is 377 g/mol. The van der Waals surface area contributed by atoms with Crippen molar-refractivity contribution in [2.75, 3.05) is 12.9 Å². The van der Waals surface area contributed by atoms with E-state index in [4.69, 9.17) is 4.74 Å². The van der Waals surface area contributed by atoms with Crippen LogP contribution in [0.5, 0.6) is 5.75 Å². The Bertz CT molecular complexity index is 1010. The summed E-state index contributed by atoms with van der Waals surface area (Å²) in [5.74, 6) is 0.878. The number of rotatable bonds is 6. The molecule has 0 saturated carbocycles. The number of methoxy groups -OCH3 is 1. The normalized spacial score (nSPS) is 10.4. The van der Waals surface area contributed by atoms with Crippen LogP contribution < -0.4 is 10.1 Å². The van der Waals surface area contributed by atoms with Gasteiger partial charge in [0.25, 0.3) is 0 Å². The number of fused-ring (bicyclic) bond motifs is 1. The number of pyridine rings is 1. The Morgan fingerprint density at radius 2 is 2.04 bits per heavy atom. The van der Waals surface area contributed by atoms with Crippen molar-refractivity contribution in [1.29, 1.82) is 5.26 Å². The summed E-state index contributed by atoms with van der Waals surface area (Å²) >= 11 is 1.28. The van der Waals surface area contributed by atoms with Crippen LogP contribution in [0.15, 0.2) is 53.6 Å². The number of ether oxygens (including phenoxy) is 1. The highest BCUT2D eigenvalue weighted by molar-refractivity contribution is 8.00. The largest absolute Gasteiger partial charge is 0.497 e. The van der Waals surface area contributed by atoms with Gasteiger partial charge in [-0.05, 0) is 36.2 Å². The van der Waals surface area contributed by atoms with E-state index in [9.17, 15) is 10.1 Å². The Morgan fingerprint density at radius 1 is 1.26 bits per heavy atom. The first-order valence-electron chi connectivity index (χ1n) is 8.43. The fourth-order valence-electron chi connectivity index (χ4n) is 2.65. The summed E-state index contributed by atoms with van der Waals surface area (Å²) in [6, 6.07) is 17.4. The third-order valence-electron chi connectivity index (χ3n) is 4.12. The van der Waals surface area contributed by atoms with E-state index in [-0.39, 0.29) is 11.7 Å². The van der Waals surface area contributed by atoms with E-state index in [0.717, 1.165) is 27.8 Å². The van der Waals surface area contributed by atoms with E-state index in [1.807, 2.05) is 55.5 Å². The van der Waals surface area contributed by atoms with Crippen molar-refractivity contribution in [3.8, 4) is 11.8 Å². The van der Waals surface area contributed by atoms with E-state index < -0.39 is 0 Å². The second kappa shape index (κ2) is 8.56. The van der Waals surface area contributed by atoms with Crippen molar-refractivity contribution in [3.63, 3.8) is 0 Å². The molecule has 0 aliphatic rings. The molecule has 0 bridgehead atoms. The zero-order valence-electron chi connectivity index (χ0n) is 15.2. The zero-order valence-corrected chi connectivity index (χ0v) is 16.0. The lowest BCUT2D eigenvalue weighted by Gasteiger charge is -2.08. The maximum atomic E-state index is 12.2. The van der Waals surface area contributed by atoms with Gasteiger partial charge in [-0.3, -0.25) is 4.79 Å². The molecule has 5 nitrogen and oxygen atoms in total. The quantitative estimate of drug-likeness (QED) is 0.661. The van der Waals surface area contributed by atoms with Crippen molar-refractivity contribution < 1.29 is 9.53 Å². The van der Waals surface area contributed by atoms with Crippen LogP contribution in [0.2, 0.25) is 0 Å². The summed E-state index contributed by atoms with van der Waals surface area (Å²) in [5.41, 5.74) is 3.38. The summed E-state index contributed by atoms with van der Waals surface area (Å²) in [5, 5.41) is 13.8. The highest BCUT2D eigenvalue weighted by atomic mass is 32.2. The molecule has 0 spiro atoms. The number of nitrogens with one attached hydrogen (secondary N) is 1. The number of aryl methyl sites for hydroxylation is 1. The van der Waals surface area contributed by atoms with Crippen LogP contribution in [-0.4, -0.2) is 23.8 Å². The smallest absolute Gasteiger partial charge is 0.230 e. The van der Waals surface area contributed by atoms with Crippen molar-refractivity contribution in [2.24, 2.45) is 0 Å². The third kappa shape index (κ3) is 4.57. The van der Waals surface area contributed by atoms with E-state index in [1.165, 1.54) is 11.8 Å². The van der Waals surface area contributed by atoms with Gasteiger partial charge in [-0.2, -0.15) is 5.26 Å². The van der Waals surface area contributed by atoms with Gasteiger partial charge in [0.05, 0.1) is 23.9 Å². The van der Waals surface area contributed by atoms with Crippen LogP contribution in [0.1, 0.15) is 16.7 Å². The molecule has 1 N–H and O–H groups in total. The standard InChI is InChI=1S/C21H19N3O2S/c1-14-4-3-5-16-10-17(11-22)21(24-20(14)16)27-13-19(25)23-12-15-6-8-18(26-2)9-7-15/h3-10H,12-13H2,1-2H3,(H,23,25). The molecule has 3 rings (SSSR count). The molecule has 0 aliphatic heterocycles. The van der Waals surface area contributed by atoms with Crippen molar-refractivity contribution in [3.05, 3.63) is 65.2 Å². The van der Waals surface area contributed by atoms with Gasteiger partial charge in [-0.1, -0.05) is 42.1 Å². The maximum absolute atomic E-state index is 12.2. The molecular formula is C21H19N3O2S. The predicted octanol–water partition coefficient (Wildman–Crippen LogP) is 3.83. The first kappa shape index (κ1) is 18.7. The minimum atomic E-state index is -0.105. The zero-order chi connectivity index (χ0) is 19.2. The minimum absolute atomic E-state index is 0.105. The minimum Gasteiger partial charge on any atom is -0.497 e. The highest BCUT2D eigenvalue weighted by Gasteiger charge is 2.11. The molecule has 1 amide bonds. The molecule has 0 atom stereocenters. The number of aromatic nitrogens is 1. The van der Waals surface area contributed by atoms with Gasteiger partial charge >= 0.3 is 0 Å². The predicted molar refractivity (Wildman–Crippen MR) is 107 cm³/mol. The Labute approximate surface area is 162 Å². The number of nitrogens with zero attached hydrogens (tertiary/aromatic N) is 2. The lowest BCUT2D eigenvalue weighted by atomic mass is 10.1. The van der Waals surface area contributed by atoms with Crippen molar-refractivity contribution in [2.45, 2.75) is 18.5 Å².